The summed E-state index contributed by atoms with van der Waals surface area (Å²) in [6, 6.07) is 17.0. The maximum atomic E-state index is 13.1. The number of aromatic amines is 1. The molecule has 2 heterocycles. The molecule has 0 radical (unpaired) electrons. The summed E-state index contributed by atoms with van der Waals surface area (Å²) in [5, 5.41) is 0. The van der Waals surface area contributed by atoms with Gasteiger partial charge >= 0.3 is 11.7 Å². The number of esters is 1. The molecule has 168 valence electrons. The molecule has 3 aromatic rings. The molecule has 0 bridgehead atoms. The van der Waals surface area contributed by atoms with Crippen molar-refractivity contribution in [2.45, 2.75) is 25.8 Å². The minimum absolute atomic E-state index is 0.0922. The summed E-state index contributed by atoms with van der Waals surface area (Å²) in [4.78, 5) is 44.1. The number of imidazole rings is 1. The highest BCUT2D eigenvalue weighted by molar-refractivity contribution is 5.98. The topological polar surface area (TPSA) is 87.6 Å². The van der Waals surface area contributed by atoms with E-state index in [4.69, 9.17) is 4.74 Å². The van der Waals surface area contributed by atoms with E-state index in [0.29, 0.717) is 18.8 Å². The molecule has 1 aromatic heterocycles. The van der Waals surface area contributed by atoms with Gasteiger partial charge in [0.2, 0.25) is 5.91 Å². The smallest absolute Gasteiger partial charge is 0.326 e. The van der Waals surface area contributed by atoms with E-state index in [1.54, 1.807) is 6.92 Å². The molecular weight excluding hydrogens is 408 g/mol. The molecule has 4 rings (SSSR count). The Balaban J connectivity index is 1.42. The molecule has 32 heavy (non-hydrogen) atoms. The Labute approximate surface area is 186 Å². The van der Waals surface area contributed by atoms with E-state index >= 15 is 0 Å². The fraction of sp³-hybridized carbons (Fsp3) is 0.375. The standard InChI is InChI=1S/C24H28N4O4/c1-2-32-23(30)17-27(18-8-4-3-5-9-18)22(29)16-26-14-12-19(13-15-26)28-21-11-7-6-10-20(21)25-24(28)31/h3-11,19H,2,12-17H2,1H3,(H,25,31). The van der Waals surface area contributed by atoms with Gasteiger partial charge in [-0.05, 0) is 44.0 Å². The van der Waals surface area contributed by atoms with Crippen LogP contribution >= 0.6 is 0 Å². The molecule has 1 saturated heterocycles. The van der Waals surface area contributed by atoms with E-state index in [-0.39, 0.29) is 37.3 Å². The van der Waals surface area contributed by atoms with Crippen molar-refractivity contribution in [1.29, 1.82) is 0 Å². The number of ether oxygens (including phenoxy) is 1. The lowest BCUT2D eigenvalue weighted by Crippen LogP contribution is -2.46. The third kappa shape index (κ3) is 4.75. The molecule has 1 N–H and O–H groups in total. The number of H-pyrrole nitrogens is 1. The molecule has 8 nitrogen and oxygen atoms in total. The highest BCUT2D eigenvalue weighted by Crippen LogP contribution is 2.25. The summed E-state index contributed by atoms with van der Waals surface area (Å²) in [5.41, 5.74) is 2.33. The van der Waals surface area contributed by atoms with Crippen LogP contribution in [0.2, 0.25) is 0 Å². The molecule has 1 amide bonds. The summed E-state index contributed by atoms with van der Waals surface area (Å²) in [7, 11) is 0. The number of hydrogen-bond acceptors (Lipinski definition) is 5. The molecule has 1 aliphatic rings. The van der Waals surface area contributed by atoms with Crippen molar-refractivity contribution in [2.75, 3.05) is 37.7 Å². The predicted molar refractivity (Wildman–Crippen MR) is 123 cm³/mol. The van der Waals surface area contributed by atoms with Crippen LogP contribution in [0.15, 0.2) is 59.4 Å². The van der Waals surface area contributed by atoms with E-state index in [1.807, 2.05) is 59.2 Å². The summed E-state index contributed by atoms with van der Waals surface area (Å²) in [5.74, 6) is -0.575. The zero-order chi connectivity index (χ0) is 22.5. The maximum absolute atomic E-state index is 13.1. The number of fused-ring (bicyclic) bond motifs is 1. The fourth-order valence-corrected chi connectivity index (χ4v) is 4.32. The predicted octanol–water partition coefficient (Wildman–Crippen LogP) is 2.56. The van der Waals surface area contributed by atoms with Crippen molar-refractivity contribution in [3.8, 4) is 0 Å². The lowest BCUT2D eigenvalue weighted by Gasteiger charge is -2.33. The second-order valence-corrected chi connectivity index (χ2v) is 7.95. The average molecular weight is 437 g/mol. The van der Waals surface area contributed by atoms with Gasteiger partial charge in [-0.2, -0.15) is 0 Å². The quantitative estimate of drug-likeness (QED) is 0.575. The number of piperidine rings is 1. The van der Waals surface area contributed by atoms with Crippen LogP contribution < -0.4 is 10.6 Å². The number of likely N-dealkylation sites (tertiary alicyclic amines) is 1. The molecule has 1 aliphatic heterocycles. The van der Waals surface area contributed by atoms with E-state index in [2.05, 4.69) is 9.88 Å². The van der Waals surface area contributed by atoms with Crippen LogP contribution in [0.5, 0.6) is 0 Å². The van der Waals surface area contributed by atoms with Crippen molar-refractivity contribution in [2.24, 2.45) is 0 Å². The normalized spacial score (nSPS) is 15.0. The third-order valence-electron chi connectivity index (χ3n) is 5.87. The van der Waals surface area contributed by atoms with Crippen LogP contribution in [-0.4, -0.2) is 59.1 Å². The minimum atomic E-state index is -0.429. The number of aromatic nitrogens is 2. The molecule has 0 spiro atoms. The Hall–Kier alpha value is -3.39. The van der Waals surface area contributed by atoms with Gasteiger partial charge in [0, 0.05) is 24.8 Å². The van der Waals surface area contributed by atoms with Crippen molar-refractivity contribution in [3.05, 3.63) is 65.1 Å². The summed E-state index contributed by atoms with van der Waals surface area (Å²) in [6.45, 7) is 3.52. The van der Waals surface area contributed by atoms with Crippen LogP contribution in [0.25, 0.3) is 11.0 Å². The van der Waals surface area contributed by atoms with Gasteiger partial charge in [0.15, 0.2) is 0 Å². The van der Waals surface area contributed by atoms with Crippen molar-refractivity contribution < 1.29 is 14.3 Å². The van der Waals surface area contributed by atoms with E-state index in [9.17, 15) is 14.4 Å². The van der Waals surface area contributed by atoms with E-state index < -0.39 is 5.97 Å². The lowest BCUT2D eigenvalue weighted by molar-refractivity contribution is -0.142. The Morgan fingerprint density at radius 2 is 1.75 bits per heavy atom. The molecule has 2 aromatic carbocycles. The van der Waals surface area contributed by atoms with Crippen LogP contribution in [0.3, 0.4) is 0 Å². The van der Waals surface area contributed by atoms with Gasteiger partial charge in [0.05, 0.1) is 24.2 Å². The first-order valence-corrected chi connectivity index (χ1v) is 11.0. The number of carbonyl (C=O) groups excluding carboxylic acids is 2. The number of nitrogens with zero attached hydrogens (tertiary/aromatic N) is 3. The number of anilines is 1. The number of rotatable bonds is 7. The maximum Gasteiger partial charge on any atom is 0.326 e. The van der Waals surface area contributed by atoms with Gasteiger partial charge in [-0.3, -0.25) is 19.1 Å². The zero-order valence-corrected chi connectivity index (χ0v) is 18.2. The van der Waals surface area contributed by atoms with Gasteiger partial charge in [-0.25, -0.2) is 4.79 Å². The molecule has 0 atom stereocenters. The largest absolute Gasteiger partial charge is 0.465 e. The summed E-state index contributed by atoms with van der Waals surface area (Å²) < 4.78 is 6.89. The summed E-state index contributed by atoms with van der Waals surface area (Å²) >= 11 is 0. The van der Waals surface area contributed by atoms with Crippen LogP contribution in [0, 0.1) is 0 Å². The minimum Gasteiger partial charge on any atom is -0.465 e. The Morgan fingerprint density at radius 1 is 1.06 bits per heavy atom. The molecule has 0 aliphatic carbocycles. The van der Waals surface area contributed by atoms with Gasteiger partial charge < -0.3 is 14.6 Å². The van der Waals surface area contributed by atoms with Crippen molar-refractivity contribution >= 4 is 28.6 Å². The molecule has 0 unspecified atom stereocenters. The Morgan fingerprint density at radius 3 is 2.47 bits per heavy atom. The fourth-order valence-electron chi connectivity index (χ4n) is 4.32. The van der Waals surface area contributed by atoms with Crippen LogP contribution in [0.1, 0.15) is 25.8 Å². The number of nitrogens with one attached hydrogen (secondary N) is 1. The second-order valence-electron chi connectivity index (χ2n) is 7.95. The first-order valence-electron chi connectivity index (χ1n) is 11.0. The van der Waals surface area contributed by atoms with Crippen LogP contribution in [0.4, 0.5) is 5.69 Å². The third-order valence-corrected chi connectivity index (χ3v) is 5.87. The van der Waals surface area contributed by atoms with Gasteiger partial charge in [-0.15, -0.1) is 0 Å². The number of amides is 1. The average Bonchev–Trinajstić information content (AvgIpc) is 3.14. The molecular formula is C24H28N4O4. The van der Waals surface area contributed by atoms with Gasteiger partial charge in [-0.1, -0.05) is 30.3 Å². The number of hydrogen-bond donors (Lipinski definition) is 1. The van der Waals surface area contributed by atoms with E-state index in [0.717, 1.165) is 23.9 Å². The van der Waals surface area contributed by atoms with Crippen LogP contribution in [-0.2, 0) is 14.3 Å². The number of benzene rings is 2. The van der Waals surface area contributed by atoms with Gasteiger partial charge in [0.25, 0.3) is 0 Å². The zero-order valence-electron chi connectivity index (χ0n) is 18.2. The molecule has 0 saturated carbocycles. The van der Waals surface area contributed by atoms with Crippen molar-refractivity contribution in [1.82, 2.24) is 14.5 Å². The first kappa shape index (κ1) is 21.8. The first-order chi connectivity index (χ1) is 15.6. The van der Waals surface area contributed by atoms with E-state index in [1.165, 1.54) is 4.90 Å². The second kappa shape index (κ2) is 9.82. The molecule has 1 fully saturated rings. The Kier molecular flexibility index (Phi) is 6.70. The monoisotopic (exact) mass is 436 g/mol. The molecule has 8 heteroatoms. The Bertz CT molecular complexity index is 1130. The highest BCUT2D eigenvalue weighted by Gasteiger charge is 2.27. The summed E-state index contributed by atoms with van der Waals surface area (Å²) in [6.07, 6.45) is 1.55. The van der Waals surface area contributed by atoms with Gasteiger partial charge in [0.1, 0.15) is 6.54 Å². The lowest BCUT2D eigenvalue weighted by atomic mass is 10.0. The highest BCUT2D eigenvalue weighted by atomic mass is 16.5. The van der Waals surface area contributed by atoms with Crippen molar-refractivity contribution in [3.63, 3.8) is 0 Å². The SMILES string of the molecule is CCOC(=O)CN(C(=O)CN1CCC(n2c(=O)[nH]c3ccccc32)CC1)c1ccccc1. The number of para-hydroxylation sites is 3. The number of carbonyl (C=O) groups is 2.